The zero-order valence-electron chi connectivity index (χ0n) is 7.34. The summed E-state index contributed by atoms with van der Waals surface area (Å²) in [7, 11) is 0. The van der Waals surface area contributed by atoms with Gasteiger partial charge in [0.15, 0.2) is 3.70 Å². The molecule has 0 unspecified atom stereocenters. The highest BCUT2D eigenvalue weighted by atomic mass is 127. The van der Waals surface area contributed by atoms with E-state index < -0.39 is 0 Å². The van der Waals surface area contributed by atoms with Crippen LogP contribution in [-0.2, 0) is 5.54 Å². The molecule has 0 N–H and O–H groups in total. The van der Waals surface area contributed by atoms with E-state index in [4.69, 9.17) is 0 Å². The van der Waals surface area contributed by atoms with Crippen LogP contribution in [0.3, 0.4) is 0 Å². The maximum atomic E-state index is 11.5. The summed E-state index contributed by atoms with van der Waals surface area (Å²) in [4.78, 5) is 15.4. The number of hydrogen-bond acceptors (Lipinski definition) is 2. The van der Waals surface area contributed by atoms with Gasteiger partial charge in [-0.1, -0.05) is 0 Å². The van der Waals surface area contributed by atoms with Crippen LogP contribution in [0.2, 0.25) is 0 Å². The van der Waals surface area contributed by atoms with Crippen molar-refractivity contribution in [2.75, 3.05) is 0 Å². The SMILES string of the molecule is CC(C)(C)n1ccnc(I)c1=O. The predicted molar refractivity (Wildman–Crippen MR) is 56.2 cm³/mol. The third kappa shape index (κ3) is 1.85. The molecule has 0 spiro atoms. The Labute approximate surface area is 85.0 Å². The minimum atomic E-state index is -0.167. The quantitative estimate of drug-likeness (QED) is 0.676. The average Bonchev–Trinajstić information content (AvgIpc) is 1.92. The molecule has 0 amide bonds. The molecule has 1 aromatic rings. The van der Waals surface area contributed by atoms with Crippen molar-refractivity contribution in [1.29, 1.82) is 0 Å². The Hall–Kier alpha value is -0.390. The molecule has 0 radical (unpaired) electrons. The largest absolute Gasteiger partial charge is 0.306 e. The molecule has 1 rings (SSSR count). The fraction of sp³-hybridized carbons (Fsp3) is 0.500. The summed E-state index contributed by atoms with van der Waals surface area (Å²) < 4.78 is 2.20. The topological polar surface area (TPSA) is 34.9 Å². The molecular formula is C8H11IN2O. The maximum Gasteiger partial charge on any atom is 0.283 e. The van der Waals surface area contributed by atoms with Gasteiger partial charge in [-0.05, 0) is 43.4 Å². The highest BCUT2D eigenvalue weighted by Gasteiger charge is 2.15. The zero-order chi connectivity index (χ0) is 9.35. The Morgan fingerprint density at radius 1 is 1.50 bits per heavy atom. The normalized spacial score (nSPS) is 11.7. The molecule has 12 heavy (non-hydrogen) atoms. The van der Waals surface area contributed by atoms with Crippen molar-refractivity contribution in [1.82, 2.24) is 9.55 Å². The van der Waals surface area contributed by atoms with Crippen LogP contribution in [0, 0.1) is 3.70 Å². The predicted octanol–water partition coefficient (Wildman–Crippen LogP) is 1.60. The number of aromatic nitrogens is 2. The summed E-state index contributed by atoms with van der Waals surface area (Å²) in [6.45, 7) is 5.97. The van der Waals surface area contributed by atoms with Crippen LogP contribution in [0.5, 0.6) is 0 Å². The van der Waals surface area contributed by atoms with Gasteiger partial charge in [0, 0.05) is 17.9 Å². The third-order valence-electron chi connectivity index (χ3n) is 1.52. The Morgan fingerprint density at radius 3 is 2.50 bits per heavy atom. The second-order valence-electron chi connectivity index (χ2n) is 3.56. The van der Waals surface area contributed by atoms with Crippen molar-refractivity contribution in [2.45, 2.75) is 26.3 Å². The Kier molecular flexibility index (Phi) is 2.55. The molecule has 0 aliphatic rings. The van der Waals surface area contributed by atoms with Crippen LogP contribution < -0.4 is 5.56 Å². The van der Waals surface area contributed by atoms with Crippen LogP contribution in [0.25, 0.3) is 0 Å². The van der Waals surface area contributed by atoms with E-state index in [0.717, 1.165) is 0 Å². The lowest BCUT2D eigenvalue weighted by Gasteiger charge is -2.21. The van der Waals surface area contributed by atoms with Gasteiger partial charge in [0.1, 0.15) is 0 Å². The van der Waals surface area contributed by atoms with Gasteiger partial charge in [0.25, 0.3) is 5.56 Å². The van der Waals surface area contributed by atoms with Gasteiger partial charge in [-0.2, -0.15) is 0 Å². The molecule has 1 heterocycles. The first-order valence-electron chi connectivity index (χ1n) is 3.66. The first-order chi connectivity index (χ1) is 5.43. The fourth-order valence-electron chi connectivity index (χ4n) is 0.916. The second-order valence-corrected chi connectivity index (χ2v) is 4.59. The number of rotatable bonds is 0. The first-order valence-corrected chi connectivity index (χ1v) is 4.74. The van der Waals surface area contributed by atoms with E-state index >= 15 is 0 Å². The minimum absolute atomic E-state index is 0.0226. The van der Waals surface area contributed by atoms with Gasteiger partial charge in [-0.25, -0.2) is 4.98 Å². The van der Waals surface area contributed by atoms with E-state index in [1.165, 1.54) is 0 Å². The van der Waals surface area contributed by atoms with Crippen LogP contribution >= 0.6 is 22.6 Å². The Morgan fingerprint density at radius 2 is 2.08 bits per heavy atom. The molecule has 0 atom stereocenters. The Bertz CT molecular complexity index is 338. The van der Waals surface area contributed by atoms with E-state index in [0.29, 0.717) is 3.70 Å². The molecule has 4 heteroatoms. The summed E-state index contributed by atoms with van der Waals surface area (Å²) in [5, 5.41) is 0. The highest BCUT2D eigenvalue weighted by Crippen LogP contribution is 2.09. The summed E-state index contributed by atoms with van der Waals surface area (Å²) in [6.07, 6.45) is 3.36. The van der Waals surface area contributed by atoms with Crippen molar-refractivity contribution >= 4 is 22.6 Å². The second kappa shape index (κ2) is 3.16. The molecule has 0 aliphatic heterocycles. The number of halogens is 1. The minimum Gasteiger partial charge on any atom is -0.306 e. The van der Waals surface area contributed by atoms with Gasteiger partial charge >= 0.3 is 0 Å². The standard InChI is InChI=1S/C8H11IN2O/c1-8(2,3)11-5-4-10-6(9)7(11)12/h4-5H,1-3H3. The summed E-state index contributed by atoms with van der Waals surface area (Å²) in [5.74, 6) is 0. The van der Waals surface area contributed by atoms with Crippen molar-refractivity contribution in [3.05, 3.63) is 26.4 Å². The smallest absolute Gasteiger partial charge is 0.283 e. The van der Waals surface area contributed by atoms with E-state index in [1.807, 2.05) is 43.4 Å². The van der Waals surface area contributed by atoms with Gasteiger partial charge < -0.3 is 4.57 Å². The van der Waals surface area contributed by atoms with Crippen LogP contribution in [0.15, 0.2) is 17.2 Å². The number of nitrogens with zero attached hydrogens (tertiary/aromatic N) is 2. The van der Waals surface area contributed by atoms with E-state index in [-0.39, 0.29) is 11.1 Å². The van der Waals surface area contributed by atoms with Gasteiger partial charge in [0.05, 0.1) is 0 Å². The van der Waals surface area contributed by atoms with E-state index in [1.54, 1.807) is 17.0 Å². The summed E-state index contributed by atoms with van der Waals surface area (Å²) >= 11 is 1.95. The van der Waals surface area contributed by atoms with E-state index in [2.05, 4.69) is 4.98 Å². The average molecular weight is 278 g/mol. The molecule has 66 valence electrons. The molecule has 0 saturated heterocycles. The monoisotopic (exact) mass is 278 g/mol. The van der Waals surface area contributed by atoms with Crippen LogP contribution in [0.4, 0.5) is 0 Å². The molecule has 3 nitrogen and oxygen atoms in total. The van der Waals surface area contributed by atoms with Crippen molar-refractivity contribution in [3.63, 3.8) is 0 Å². The van der Waals surface area contributed by atoms with Crippen molar-refractivity contribution in [2.24, 2.45) is 0 Å². The van der Waals surface area contributed by atoms with Gasteiger partial charge in [-0.3, -0.25) is 4.79 Å². The molecule has 0 saturated carbocycles. The van der Waals surface area contributed by atoms with Crippen LogP contribution in [0.1, 0.15) is 20.8 Å². The molecule has 0 bridgehead atoms. The molecule has 0 fully saturated rings. The molecular weight excluding hydrogens is 267 g/mol. The van der Waals surface area contributed by atoms with E-state index in [9.17, 15) is 4.79 Å². The lowest BCUT2D eigenvalue weighted by atomic mass is 10.1. The van der Waals surface area contributed by atoms with Gasteiger partial charge in [0.2, 0.25) is 0 Å². The molecule has 0 aromatic carbocycles. The maximum absolute atomic E-state index is 11.5. The molecule has 1 aromatic heterocycles. The molecule has 0 aliphatic carbocycles. The highest BCUT2D eigenvalue weighted by molar-refractivity contribution is 14.1. The summed E-state index contributed by atoms with van der Waals surface area (Å²) in [5.41, 5.74) is -0.189. The Balaban J connectivity index is 3.37. The zero-order valence-corrected chi connectivity index (χ0v) is 9.49. The van der Waals surface area contributed by atoms with Crippen LogP contribution in [-0.4, -0.2) is 9.55 Å². The number of hydrogen-bond donors (Lipinski definition) is 0. The van der Waals surface area contributed by atoms with Crippen molar-refractivity contribution < 1.29 is 0 Å². The van der Waals surface area contributed by atoms with Gasteiger partial charge in [-0.15, -0.1) is 0 Å². The first kappa shape index (κ1) is 9.70. The lowest BCUT2D eigenvalue weighted by Crippen LogP contribution is -2.34. The lowest BCUT2D eigenvalue weighted by molar-refractivity contribution is 0.381. The fourth-order valence-corrected chi connectivity index (χ4v) is 1.34. The third-order valence-corrected chi connectivity index (χ3v) is 2.26. The van der Waals surface area contributed by atoms with Crippen molar-refractivity contribution in [3.8, 4) is 0 Å². The summed E-state index contributed by atoms with van der Waals surface area (Å²) in [6, 6.07) is 0.